The fourth-order valence-corrected chi connectivity index (χ4v) is 4.29. The summed E-state index contributed by atoms with van der Waals surface area (Å²) < 4.78 is 36.5. The van der Waals surface area contributed by atoms with Gasteiger partial charge >= 0.3 is 0 Å². The fourth-order valence-electron chi connectivity index (χ4n) is 2.35. The van der Waals surface area contributed by atoms with Crippen LogP contribution in [0.1, 0.15) is 18.4 Å². The molecule has 3 nitrogen and oxygen atoms in total. The van der Waals surface area contributed by atoms with Crippen LogP contribution in [0.4, 0.5) is 4.39 Å². The van der Waals surface area contributed by atoms with E-state index in [2.05, 4.69) is 5.32 Å². The first kappa shape index (κ1) is 14.8. The number of hydrogen-bond donors (Lipinski definition) is 1. The van der Waals surface area contributed by atoms with E-state index >= 15 is 0 Å². The van der Waals surface area contributed by atoms with Crippen molar-refractivity contribution in [3.63, 3.8) is 0 Å². The lowest BCUT2D eigenvalue weighted by molar-refractivity contribution is 0.449. The van der Waals surface area contributed by atoms with Crippen LogP contribution in [0, 0.1) is 11.7 Å². The molecular weight excluding hydrogens is 289 g/mol. The normalized spacial score (nSPS) is 22.3. The summed E-state index contributed by atoms with van der Waals surface area (Å²) >= 11 is 5.68. The number of benzene rings is 1. The van der Waals surface area contributed by atoms with Crippen molar-refractivity contribution in [2.75, 3.05) is 18.1 Å². The molecule has 6 heteroatoms. The van der Waals surface area contributed by atoms with E-state index in [1.165, 1.54) is 6.07 Å². The lowest BCUT2D eigenvalue weighted by atomic mass is 10.1. The second kappa shape index (κ2) is 6.20. The molecule has 0 radical (unpaired) electrons. The molecule has 1 fully saturated rings. The summed E-state index contributed by atoms with van der Waals surface area (Å²) in [6, 6.07) is 4.57. The van der Waals surface area contributed by atoms with Gasteiger partial charge in [-0.1, -0.05) is 17.7 Å². The van der Waals surface area contributed by atoms with E-state index < -0.39 is 9.84 Å². The fraction of sp³-hybridized carbons (Fsp3) is 0.538. The van der Waals surface area contributed by atoms with Gasteiger partial charge in [0.1, 0.15) is 5.82 Å². The highest BCUT2D eigenvalue weighted by atomic mass is 35.5. The topological polar surface area (TPSA) is 46.2 Å². The SMILES string of the molecule is O=S1(=O)CCCC(CNCc2ccc(Cl)cc2F)C1. The van der Waals surface area contributed by atoms with Gasteiger partial charge in [0, 0.05) is 17.1 Å². The van der Waals surface area contributed by atoms with Gasteiger partial charge in [0.25, 0.3) is 0 Å². The summed E-state index contributed by atoms with van der Waals surface area (Å²) in [6.07, 6.45) is 1.64. The van der Waals surface area contributed by atoms with E-state index in [0.29, 0.717) is 29.4 Å². The molecule has 0 aromatic heterocycles. The van der Waals surface area contributed by atoms with Gasteiger partial charge in [-0.25, -0.2) is 12.8 Å². The second-order valence-electron chi connectivity index (χ2n) is 4.99. The molecule has 1 heterocycles. The molecular formula is C13H17ClFNO2S. The van der Waals surface area contributed by atoms with Crippen LogP contribution >= 0.6 is 11.6 Å². The first-order valence-electron chi connectivity index (χ1n) is 6.31. The van der Waals surface area contributed by atoms with Crippen molar-refractivity contribution in [1.82, 2.24) is 5.32 Å². The van der Waals surface area contributed by atoms with Crippen molar-refractivity contribution in [3.8, 4) is 0 Å². The molecule has 1 aromatic rings. The predicted octanol–water partition coefficient (Wildman–Crippen LogP) is 2.39. The van der Waals surface area contributed by atoms with Crippen LogP contribution in [0.15, 0.2) is 18.2 Å². The highest BCUT2D eigenvalue weighted by Crippen LogP contribution is 2.18. The van der Waals surface area contributed by atoms with Gasteiger partial charge in [0.15, 0.2) is 9.84 Å². The summed E-state index contributed by atoms with van der Waals surface area (Å²) in [5.41, 5.74) is 0.545. The average Bonchev–Trinajstić information content (AvgIpc) is 2.31. The summed E-state index contributed by atoms with van der Waals surface area (Å²) in [5, 5.41) is 3.50. The van der Waals surface area contributed by atoms with Crippen LogP contribution in [0.3, 0.4) is 0 Å². The predicted molar refractivity (Wildman–Crippen MR) is 74.5 cm³/mol. The van der Waals surface area contributed by atoms with Crippen molar-refractivity contribution in [3.05, 3.63) is 34.6 Å². The standard InChI is InChI=1S/C13H17ClFNO2S/c14-12-4-3-11(13(15)6-12)8-16-7-10-2-1-5-19(17,18)9-10/h3-4,6,10,16H,1-2,5,7-9H2. The molecule has 0 aliphatic carbocycles. The van der Waals surface area contributed by atoms with Crippen LogP contribution in [0.5, 0.6) is 0 Å². The highest BCUT2D eigenvalue weighted by Gasteiger charge is 2.24. The second-order valence-corrected chi connectivity index (χ2v) is 7.65. The third-order valence-electron chi connectivity index (χ3n) is 3.32. The first-order chi connectivity index (χ1) is 8.96. The summed E-state index contributed by atoms with van der Waals surface area (Å²) in [7, 11) is -2.87. The smallest absolute Gasteiger partial charge is 0.150 e. The Bertz CT molecular complexity index is 548. The molecule has 0 amide bonds. The van der Waals surface area contributed by atoms with Crippen LogP contribution < -0.4 is 5.32 Å². The Balaban J connectivity index is 1.83. The minimum absolute atomic E-state index is 0.133. The van der Waals surface area contributed by atoms with Crippen LogP contribution in [0.25, 0.3) is 0 Å². The van der Waals surface area contributed by atoms with E-state index in [-0.39, 0.29) is 17.5 Å². The zero-order chi connectivity index (χ0) is 13.9. The quantitative estimate of drug-likeness (QED) is 0.929. The number of hydrogen-bond acceptors (Lipinski definition) is 3. The van der Waals surface area contributed by atoms with E-state index in [4.69, 9.17) is 11.6 Å². The first-order valence-corrected chi connectivity index (χ1v) is 8.51. The molecule has 0 spiro atoms. The maximum absolute atomic E-state index is 13.5. The van der Waals surface area contributed by atoms with Crippen molar-refractivity contribution >= 4 is 21.4 Å². The molecule has 0 saturated carbocycles. The molecule has 19 heavy (non-hydrogen) atoms. The molecule has 106 valence electrons. The molecule has 1 saturated heterocycles. The van der Waals surface area contributed by atoms with E-state index in [1.54, 1.807) is 12.1 Å². The Kier molecular flexibility index (Phi) is 4.81. The maximum Gasteiger partial charge on any atom is 0.150 e. The molecule has 1 unspecified atom stereocenters. The van der Waals surface area contributed by atoms with Crippen molar-refractivity contribution in [2.24, 2.45) is 5.92 Å². The molecule has 1 aromatic carbocycles. The summed E-state index contributed by atoms with van der Waals surface area (Å²) in [5.74, 6) is 0.337. The molecule has 0 bridgehead atoms. The van der Waals surface area contributed by atoms with Crippen molar-refractivity contribution in [2.45, 2.75) is 19.4 Å². The monoisotopic (exact) mass is 305 g/mol. The molecule has 1 aliphatic rings. The Morgan fingerprint density at radius 2 is 2.21 bits per heavy atom. The van der Waals surface area contributed by atoms with Gasteiger partial charge in [-0.3, -0.25) is 0 Å². The minimum Gasteiger partial charge on any atom is -0.312 e. The maximum atomic E-state index is 13.5. The van der Waals surface area contributed by atoms with Crippen LogP contribution in [-0.4, -0.2) is 26.5 Å². The lowest BCUT2D eigenvalue weighted by Crippen LogP contribution is -2.32. The number of halogens is 2. The van der Waals surface area contributed by atoms with Crippen LogP contribution in [0.2, 0.25) is 5.02 Å². The Labute approximate surface area is 118 Å². The molecule has 1 N–H and O–H groups in total. The minimum atomic E-state index is -2.87. The van der Waals surface area contributed by atoms with Gasteiger partial charge in [0.2, 0.25) is 0 Å². The van der Waals surface area contributed by atoms with E-state index in [9.17, 15) is 12.8 Å². The lowest BCUT2D eigenvalue weighted by Gasteiger charge is -2.22. The number of rotatable bonds is 4. The van der Waals surface area contributed by atoms with Gasteiger partial charge in [0.05, 0.1) is 11.5 Å². The Morgan fingerprint density at radius 1 is 1.42 bits per heavy atom. The van der Waals surface area contributed by atoms with Gasteiger partial charge in [-0.2, -0.15) is 0 Å². The van der Waals surface area contributed by atoms with Crippen molar-refractivity contribution in [1.29, 1.82) is 0 Å². The molecule has 2 rings (SSSR count). The molecule has 1 atom stereocenters. The third kappa shape index (κ3) is 4.44. The van der Waals surface area contributed by atoms with E-state index in [1.807, 2.05) is 0 Å². The summed E-state index contributed by atoms with van der Waals surface area (Å²) in [6.45, 7) is 0.987. The molecule has 1 aliphatic heterocycles. The number of sulfone groups is 1. The van der Waals surface area contributed by atoms with Gasteiger partial charge in [-0.15, -0.1) is 0 Å². The van der Waals surface area contributed by atoms with Crippen LogP contribution in [-0.2, 0) is 16.4 Å². The largest absolute Gasteiger partial charge is 0.312 e. The average molecular weight is 306 g/mol. The Hall–Kier alpha value is -0.650. The highest BCUT2D eigenvalue weighted by molar-refractivity contribution is 7.91. The zero-order valence-electron chi connectivity index (χ0n) is 10.5. The Morgan fingerprint density at radius 3 is 2.89 bits per heavy atom. The van der Waals surface area contributed by atoms with Crippen molar-refractivity contribution < 1.29 is 12.8 Å². The summed E-state index contributed by atoms with van der Waals surface area (Å²) in [4.78, 5) is 0. The number of nitrogens with one attached hydrogen (secondary N) is 1. The third-order valence-corrected chi connectivity index (χ3v) is 5.45. The van der Waals surface area contributed by atoms with Gasteiger partial charge in [-0.05, 0) is 37.4 Å². The van der Waals surface area contributed by atoms with E-state index in [0.717, 1.165) is 12.8 Å². The van der Waals surface area contributed by atoms with Gasteiger partial charge < -0.3 is 5.32 Å². The zero-order valence-corrected chi connectivity index (χ0v) is 12.1.